The minimum atomic E-state index is -0.319. The van der Waals surface area contributed by atoms with Crippen LogP contribution in [0.1, 0.15) is 31.6 Å². The molecule has 17 heavy (non-hydrogen) atoms. The molecular weight excluding hydrogens is 217 g/mol. The second kappa shape index (κ2) is 3.84. The van der Waals surface area contributed by atoms with Crippen molar-refractivity contribution in [3.63, 3.8) is 0 Å². The Morgan fingerprint density at radius 3 is 2.82 bits per heavy atom. The molecule has 1 aromatic heterocycles. The van der Waals surface area contributed by atoms with Crippen LogP contribution in [0.3, 0.4) is 0 Å². The van der Waals surface area contributed by atoms with E-state index in [1.54, 1.807) is 6.07 Å². The summed E-state index contributed by atoms with van der Waals surface area (Å²) < 4.78 is 19.1. The van der Waals surface area contributed by atoms with E-state index in [4.69, 9.17) is 10.2 Å². The van der Waals surface area contributed by atoms with Crippen molar-refractivity contribution in [3.05, 3.63) is 35.8 Å². The van der Waals surface area contributed by atoms with Crippen LogP contribution in [0.25, 0.3) is 11.0 Å². The van der Waals surface area contributed by atoms with E-state index in [0.29, 0.717) is 23.2 Å². The molecule has 1 saturated carbocycles. The van der Waals surface area contributed by atoms with Gasteiger partial charge in [-0.25, -0.2) is 4.39 Å². The van der Waals surface area contributed by atoms with E-state index < -0.39 is 0 Å². The van der Waals surface area contributed by atoms with Crippen LogP contribution in [0, 0.1) is 17.7 Å². The Kier molecular flexibility index (Phi) is 2.44. The van der Waals surface area contributed by atoms with Crippen molar-refractivity contribution >= 4 is 11.0 Å². The van der Waals surface area contributed by atoms with Crippen molar-refractivity contribution < 1.29 is 8.81 Å². The highest BCUT2D eigenvalue weighted by molar-refractivity contribution is 5.78. The zero-order valence-corrected chi connectivity index (χ0v) is 9.82. The van der Waals surface area contributed by atoms with Crippen molar-refractivity contribution in [2.75, 3.05) is 0 Å². The molecule has 1 aliphatic rings. The minimum Gasteiger partial charge on any atom is -0.456 e. The van der Waals surface area contributed by atoms with Crippen LogP contribution >= 0.6 is 0 Å². The first-order valence-corrected chi connectivity index (χ1v) is 6.10. The molecule has 0 aliphatic heterocycles. The molecule has 3 heteroatoms. The Bertz CT molecular complexity index is 544. The molecule has 1 aliphatic carbocycles. The lowest BCUT2D eigenvalue weighted by atomic mass is 9.95. The van der Waals surface area contributed by atoms with Crippen LogP contribution in [0.5, 0.6) is 0 Å². The molecule has 0 amide bonds. The first-order valence-electron chi connectivity index (χ1n) is 6.10. The monoisotopic (exact) mass is 233 g/mol. The van der Waals surface area contributed by atoms with E-state index in [9.17, 15) is 4.39 Å². The van der Waals surface area contributed by atoms with E-state index in [1.165, 1.54) is 18.9 Å². The maximum absolute atomic E-state index is 13.5. The number of hydrogen-bond acceptors (Lipinski definition) is 2. The summed E-state index contributed by atoms with van der Waals surface area (Å²) >= 11 is 0. The molecule has 2 N–H and O–H groups in total. The summed E-state index contributed by atoms with van der Waals surface area (Å²) in [5.74, 6) is 1.49. The Balaban J connectivity index is 1.97. The lowest BCUT2D eigenvalue weighted by Gasteiger charge is -2.16. The summed E-state index contributed by atoms with van der Waals surface area (Å²) in [4.78, 5) is 0. The van der Waals surface area contributed by atoms with Gasteiger partial charge in [0.2, 0.25) is 0 Å². The van der Waals surface area contributed by atoms with Crippen LogP contribution in [0.4, 0.5) is 4.39 Å². The second-order valence-electron chi connectivity index (χ2n) is 5.03. The van der Waals surface area contributed by atoms with Gasteiger partial charge in [0.15, 0.2) is 11.4 Å². The molecular formula is C14H16FNO. The molecule has 2 nitrogen and oxygen atoms in total. The summed E-state index contributed by atoms with van der Waals surface area (Å²) in [6.45, 7) is 2.14. The molecule has 0 radical (unpaired) electrons. The van der Waals surface area contributed by atoms with E-state index in [-0.39, 0.29) is 11.9 Å². The average Bonchev–Trinajstić information content (AvgIpc) is 3.07. The van der Waals surface area contributed by atoms with Crippen molar-refractivity contribution in [3.8, 4) is 0 Å². The van der Waals surface area contributed by atoms with Gasteiger partial charge in [0.05, 0.1) is 6.04 Å². The van der Waals surface area contributed by atoms with Crippen LogP contribution in [-0.2, 0) is 0 Å². The first-order chi connectivity index (χ1) is 8.16. The van der Waals surface area contributed by atoms with Crippen LogP contribution in [-0.4, -0.2) is 0 Å². The molecule has 90 valence electrons. The van der Waals surface area contributed by atoms with Gasteiger partial charge in [0.1, 0.15) is 5.76 Å². The molecule has 1 fully saturated rings. The maximum atomic E-state index is 13.5. The minimum absolute atomic E-state index is 0.130. The summed E-state index contributed by atoms with van der Waals surface area (Å²) in [5, 5.41) is 0.790. The van der Waals surface area contributed by atoms with Gasteiger partial charge in [0, 0.05) is 5.39 Å². The SMILES string of the molecule is CC(C1CC1)C(N)c1cc2cccc(F)c2o1. The number of hydrogen-bond donors (Lipinski definition) is 1. The van der Waals surface area contributed by atoms with Gasteiger partial charge in [-0.05, 0) is 36.8 Å². The van der Waals surface area contributed by atoms with Gasteiger partial charge in [-0.2, -0.15) is 0 Å². The molecule has 2 unspecified atom stereocenters. The molecule has 0 bridgehead atoms. The molecule has 3 rings (SSSR count). The van der Waals surface area contributed by atoms with E-state index in [1.807, 2.05) is 12.1 Å². The second-order valence-corrected chi connectivity index (χ2v) is 5.03. The smallest absolute Gasteiger partial charge is 0.169 e. The van der Waals surface area contributed by atoms with Crippen molar-refractivity contribution in [1.29, 1.82) is 0 Å². The quantitative estimate of drug-likeness (QED) is 0.879. The number of para-hydroxylation sites is 1. The topological polar surface area (TPSA) is 39.2 Å². The highest BCUT2D eigenvalue weighted by atomic mass is 19.1. The highest BCUT2D eigenvalue weighted by Gasteiger charge is 2.33. The van der Waals surface area contributed by atoms with Gasteiger partial charge in [-0.1, -0.05) is 19.1 Å². The van der Waals surface area contributed by atoms with Gasteiger partial charge < -0.3 is 10.2 Å². The maximum Gasteiger partial charge on any atom is 0.169 e. The summed E-state index contributed by atoms with van der Waals surface area (Å²) in [6, 6.07) is 6.68. The van der Waals surface area contributed by atoms with Gasteiger partial charge in [-0.15, -0.1) is 0 Å². The first kappa shape index (κ1) is 10.8. The Labute approximate surface area is 99.6 Å². The zero-order chi connectivity index (χ0) is 12.0. The molecule has 1 aromatic carbocycles. The largest absolute Gasteiger partial charge is 0.456 e. The van der Waals surface area contributed by atoms with Crippen molar-refractivity contribution in [2.45, 2.75) is 25.8 Å². The number of halogens is 1. The molecule has 2 aromatic rings. The summed E-state index contributed by atoms with van der Waals surface area (Å²) in [5.41, 5.74) is 6.50. The number of rotatable bonds is 3. The molecule has 2 atom stereocenters. The summed E-state index contributed by atoms with van der Waals surface area (Å²) in [6.07, 6.45) is 2.51. The van der Waals surface area contributed by atoms with Crippen LogP contribution in [0.15, 0.2) is 28.7 Å². The standard InChI is InChI=1S/C14H16FNO/c1-8(9-5-6-9)13(16)12-7-10-3-2-4-11(15)14(10)17-12/h2-4,7-9,13H,5-6,16H2,1H3. The number of fused-ring (bicyclic) bond motifs is 1. The number of furan rings is 1. The van der Waals surface area contributed by atoms with Crippen molar-refractivity contribution in [1.82, 2.24) is 0 Å². The predicted octanol–water partition coefficient (Wildman–Crippen LogP) is 3.62. The molecule has 0 spiro atoms. The van der Waals surface area contributed by atoms with Crippen LogP contribution < -0.4 is 5.73 Å². The normalized spacial score (nSPS) is 19.5. The number of benzene rings is 1. The Morgan fingerprint density at radius 2 is 2.18 bits per heavy atom. The van der Waals surface area contributed by atoms with E-state index >= 15 is 0 Å². The highest BCUT2D eigenvalue weighted by Crippen LogP contribution is 2.42. The van der Waals surface area contributed by atoms with Crippen molar-refractivity contribution in [2.24, 2.45) is 17.6 Å². The van der Waals surface area contributed by atoms with E-state index in [0.717, 1.165) is 5.39 Å². The average molecular weight is 233 g/mol. The summed E-state index contributed by atoms with van der Waals surface area (Å²) in [7, 11) is 0. The van der Waals surface area contributed by atoms with Crippen LogP contribution in [0.2, 0.25) is 0 Å². The third kappa shape index (κ3) is 1.84. The lowest BCUT2D eigenvalue weighted by Crippen LogP contribution is -2.19. The molecule has 0 saturated heterocycles. The lowest BCUT2D eigenvalue weighted by molar-refractivity contribution is 0.360. The van der Waals surface area contributed by atoms with E-state index in [2.05, 4.69) is 6.92 Å². The Hall–Kier alpha value is -1.35. The third-order valence-electron chi connectivity index (χ3n) is 3.78. The van der Waals surface area contributed by atoms with Gasteiger partial charge >= 0.3 is 0 Å². The molecule has 1 heterocycles. The Morgan fingerprint density at radius 1 is 1.41 bits per heavy atom. The zero-order valence-electron chi connectivity index (χ0n) is 9.82. The number of nitrogens with two attached hydrogens (primary N) is 1. The van der Waals surface area contributed by atoms with Gasteiger partial charge in [-0.3, -0.25) is 0 Å². The fourth-order valence-corrected chi connectivity index (χ4v) is 2.39. The fourth-order valence-electron chi connectivity index (χ4n) is 2.39. The predicted molar refractivity (Wildman–Crippen MR) is 65.0 cm³/mol. The third-order valence-corrected chi connectivity index (χ3v) is 3.78. The fraction of sp³-hybridized carbons (Fsp3) is 0.429. The van der Waals surface area contributed by atoms with Gasteiger partial charge in [0.25, 0.3) is 0 Å².